The fraction of sp³-hybridized carbons (Fsp3) is 0.333. The van der Waals surface area contributed by atoms with E-state index in [2.05, 4.69) is 10.3 Å². The van der Waals surface area contributed by atoms with Gasteiger partial charge in [-0.1, -0.05) is 60.7 Å². The Labute approximate surface area is 266 Å². The fourth-order valence-corrected chi connectivity index (χ4v) is 5.15. The summed E-state index contributed by atoms with van der Waals surface area (Å²) in [5.41, 5.74) is 8.00. The predicted octanol–water partition coefficient (Wildman–Crippen LogP) is 1.29. The van der Waals surface area contributed by atoms with Crippen molar-refractivity contribution in [3.8, 4) is 0 Å². The standard InChI is InChI=1S/C33H38N6O7/c1-38(24-14-8-16-35-20-24)31(43)27-15-9-17-39(27)32(44)29(41)26(18-22-10-4-2-5-11-22)36-30(42)25(34)19-28(40)37-33(45)46-21-23-12-6-3-7-13-23/h2-8,10-14,16,20,25-27,29,41H,9,15,17-19,21,34H2,1H3,(H,36,42)(H,37,40,45)/t25-,26?,27-,29?/m0/s1. The maximum atomic E-state index is 13.7. The van der Waals surface area contributed by atoms with Crippen LogP contribution in [0.2, 0.25) is 0 Å². The van der Waals surface area contributed by atoms with E-state index in [1.165, 1.54) is 16.0 Å². The maximum Gasteiger partial charge on any atom is 0.414 e. The number of alkyl carbamates (subject to hydrolysis) is 1. The van der Waals surface area contributed by atoms with Crippen molar-refractivity contribution in [2.75, 3.05) is 18.5 Å². The van der Waals surface area contributed by atoms with Crippen LogP contribution in [0.15, 0.2) is 85.2 Å². The van der Waals surface area contributed by atoms with E-state index < -0.39 is 54.5 Å². The Hall–Kier alpha value is -5.14. The van der Waals surface area contributed by atoms with Crippen LogP contribution in [0.4, 0.5) is 10.5 Å². The highest BCUT2D eigenvalue weighted by Crippen LogP contribution is 2.23. The summed E-state index contributed by atoms with van der Waals surface area (Å²) >= 11 is 0. The van der Waals surface area contributed by atoms with Crippen LogP contribution in [0.3, 0.4) is 0 Å². The number of carbonyl (C=O) groups is 5. The average molecular weight is 631 g/mol. The number of ether oxygens (including phenoxy) is 1. The number of aromatic nitrogens is 1. The number of aliphatic hydroxyl groups excluding tert-OH is 1. The number of nitrogens with zero attached hydrogens (tertiary/aromatic N) is 3. The molecule has 5 amide bonds. The topological polar surface area (TPSA) is 184 Å². The van der Waals surface area contributed by atoms with Crippen LogP contribution < -0.4 is 21.3 Å². The minimum atomic E-state index is -1.73. The Kier molecular flexibility index (Phi) is 11.9. The molecule has 0 saturated carbocycles. The third-order valence-corrected chi connectivity index (χ3v) is 7.64. The molecule has 1 aliphatic heterocycles. The van der Waals surface area contributed by atoms with Gasteiger partial charge in [0.05, 0.1) is 30.4 Å². The molecule has 0 radical (unpaired) electrons. The van der Waals surface area contributed by atoms with Gasteiger partial charge in [0.2, 0.25) is 17.7 Å². The molecule has 1 aromatic heterocycles. The van der Waals surface area contributed by atoms with Gasteiger partial charge in [-0.15, -0.1) is 0 Å². The summed E-state index contributed by atoms with van der Waals surface area (Å²) < 4.78 is 5.03. The summed E-state index contributed by atoms with van der Waals surface area (Å²) in [5, 5.41) is 16.0. The third-order valence-electron chi connectivity index (χ3n) is 7.64. The van der Waals surface area contributed by atoms with Crippen LogP contribution in [0.1, 0.15) is 30.4 Å². The quantitative estimate of drug-likeness (QED) is 0.229. The lowest BCUT2D eigenvalue weighted by Crippen LogP contribution is -2.58. The summed E-state index contributed by atoms with van der Waals surface area (Å²) in [4.78, 5) is 71.4. The number of imide groups is 1. The number of likely N-dealkylation sites (tertiary alicyclic amines) is 1. The Morgan fingerprint density at radius 3 is 2.35 bits per heavy atom. The lowest BCUT2D eigenvalue weighted by atomic mass is 9.99. The predicted molar refractivity (Wildman–Crippen MR) is 168 cm³/mol. The van der Waals surface area contributed by atoms with Crippen LogP contribution >= 0.6 is 0 Å². The zero-order valence-electron chi connectivity index (χ0n) is 25.5. The lowest BCUT2D eigenvalue weighted by Gasteiger charge is -2.32. The molecule has 242 valence electrons. The van der Waals surface area contributed by atoms with Crippen LogP contribution in [0.5, 0.6) is 0 Å². The Morgan fingerprint density at radius 2 is 1.70 bits per heavy atom. The molecule has 1 fully saturated rings. The zero-order chi connectivity index (χ0) is 33.1. The molecule has 0 aliphatic carbocycles. The summed E-state index contributed by atoms with van der Waals surface area (Å²) in [5.74, 6) is -2.70. The highest BCUT2D eigenvalue weighted by Gasteiger charge is 2.41. The van der Waals surface area contributed by atoms with E-state index in [0.29, 0.717) is 18.5 Å². The second-order valence-electron chi connectivity index (χ2n) is 11.0. The summed E-state index contributed by atoms with van der Waals surface area (Å²) in [7, 11) is 1.59. The number of hydrogen-bond acceptors (Lipinski definition) is 9. The average Bonchev–Trinajstić information content (AvgIpc) is 3.57. The maximum absolute atomic E-state index is 13.7. The molecule has 13 heteroatoms. The number of hydrogen-bond donors (Lipinski definition) is 4. The number of carbonyl (C=O) groups excluding carboxylic acids is 5. The van der Waals surface area contributed by atoms with E-state index >= 15 is 0 Å². The number of benzene rings is 2. The third kappa shape index (κ3) is 9.19. The first-order chi connectivity index (χ1) is 22.1. The van der Waals surface area contributed by atoms with Gasteiger partial charge in [0.25, 0.3) is 5.91 Å². The summed E-state index contributed by atoms with van der Waals surface area (Å²) in [6, 6.07) is 17.8. The van der Waals surface area contributed by atoms with Crippen molar-refractivity contribution in [2.24, 2.45) is 5.73 Å². The molecule has 3 aromatic rings. The van der Waals surface area contributed by atoms with E-state index in [4.69, 9.17) is 10.5 Å². The molecule has 1 saturated heterocycles. The highest BCUT2D eigenvalue weighted by atomic mass is 16.5. The Balaban J connectivity index is 1.39. The number of nitrogens with one attached hydrogen (secondary N) is 2. The summed E-state index contributed by atoms with van der Waals surface area (Å²) in [6.45, 7) is 0.196. The molecule has 2 aromatic carbocycles. The Morgan fingerprint density at radius 1 is 1.02 bits per heavy atom. The lowest BCUT2D eigenvalue weighted by molar-refractivity contribution is -0.146. The molecule has 2 heterocycles. The molecule has 46 heavy (non-hydrogen) atoms. The van der Waals surface area contributed by atoms with Gasteiger partial charge in [0.1, 0.15) is 12.6 Å². The SMILES string of the molecule is CN(C(=O)[C@@H]1CCCN1C(=O)C(O)C(Cc1ccccc1)NC(=O)[C@@H](N)CC(=O)NC(=O)OCc1ccccc1)c1cccnc1. The molecule has 4 atom stereocenters. The molecule has 1 aliphatic rings. The smallest absolute Gasteiger partial charge is 0.414 e. The molecule has 0 bridgehead atoms. The van der Waals surface area contributed by atoms with E-state index in [0.717, 1.165) is 11.1 Å². The van der Waals surface area contributed by atoms with Crippen molar-refractivity contribution in [3.63, 3.8) is 0 Å². The van der Waals surface area contributed by atoms with Crippen molar-refractivity contribution >= 4 is 35.4 Å². The van der Waals surface area contributed by atoms with Crippen molar-refractivity contribution in [3.05, 3.63) is 96.3 Å². The number of nitrogens with two attached hydrogens (primary N) is 1. The monoisotopic (exact) mass is 630 g/mol. The number of likely N-dealkylation sites (N-methyl/N-ethyl adjacent to an activating group) is 1. The second kappa shape index (κ2) is 16.3. The van der Waals surface area contributed by atoms with Gasteiger partial charge in [-0.05, 0) is 42.5 Å². The number of amides is 5. The Bertz CT molecular complexity index is 1490. The number of aliphatic hydroxyl groups is 1. The molecular weight excluding hydrogens is 592 g/mol. The molecule has 4 rings (SSSR count). The largest absolute Gasteiger partial charge is 0.444 e. The van der Waals surface area contributed by atoms with Gasteiger partial charge in [-0.25, -0.2) is 4.79 Å². The minimum absolute atomic E-state index is 0.0528. The molecule has 2 unspecified atom stereocenters. The molecule has 13 nitrogen and oxygen atoms in total. The number of rotatable bonds is 12. The molecular formula is C33H38N6O7. The van der Waals surface area contributed by atoms with Gasteiger partial charge < -0.3 is 30.7 Å². The first kappa shape index (κ1) is 33.7. The highest BCUT2D eigenvalue weighted by molar-refractivity contribution is 6.00. The normalized spacial score (nSPS) is 16.1. The van der Waals surface area contributed by atoms with Gasteiger partial charge in [-0.3, -0.25) is 29.5 Å². The van der Waals surface area contributed by atoms with Gasteiger partial charge >= 0.3 is 6.09 Å². The van der Waals surface area contributed by atoms with Crippen LogP contribution in [-0.4, -0.2) is 82.5 Å². The van der Waals surface area contributed by atoms with Gasteiger partial charge in [-0.2, -0.15) is 0 Å². The van der Waals surface area contributed by atoms with Crippen molar-refractivity contribution < 1.29 is 33.8 Å². The van der Waals surface area contributed by atoms with Crippen molar-refractivity contribution in [2.45, 2.75) is 56.5 Å². The van der Waals surface area contributed by atoms with E-state index in [1.54, 1.807) is 80.0 Å². The van der Waals surface area contributed by atoms with Crippen LogP contribution in [0.25, 0.3) is 0 Å². The second-order valence-corrected chi connectivity index (χ2v) is 11.0. The first-order valence-corrected chi connectivity index (χ1v) is 14.9. The molecule has 0 spiro atoms. The fourth-order valence-electron chi connectivity index (χ4n) is 5.15. The van der Waals surface area contributed by atoms with E-state index in [-0.39, 0.29) is 25.5 Å². The van der Waals surface area contributed by atoms with Crippen molar-refractivity contribution in [1.82, 2.24) is 20.5 Å². The zero-order valence-corrected chi connectivity index (χ0v) is 25.5. The number of anilines is 1. The van der Waals surface area contributed by atoms with E-state index in [1.807, 2.05) is 11.4 Å². The minimum Gasteiger partial charge on any atom is -0.444 e. The van der Waals surface area contributed by atoms with Crippen LogP contribution in [-0.2, 0) is 36.9 Å². The summed E-state index contributed by atoms with van der Waals surface area (Å²) in [6.07, 6.45) is 0.874. The van der Waals surface area contributed by atoms with Crippen LogP contribution in [0, 0.1) is 0 Å². The van der Waals surface area contributed by atoms with Crippen molar-refractivity contribution in [1.29, 1.82) is 0 Å². The van der Waals surface area contributed by atoms with E-state index in [9.17, 15) is 29.1 Å². The molecule has 5 N–H and O–H groups in total. The number of pyridine rings is 1. The van der Waals surface area contributed by atoms with Gasteiger partial charge in [0.15, 0.2) is 6.10 Å². The van der Waals surface area contributed by atoms with Gasteiger partial charge in [0, 0.05) is 19.8 Å². The first-order valence-electron chi connectivity index (χ1n) is 14.9.